The zero-order valence-corrected chi connectivity index (χ0v) is 17.0. The number of fused-ring (bicyclic) bond motifs is 1. The maximum atomic E-state index is 6.07. The standard InChI is InChI=1S/C20H24ClN7O/c21-16-1-2-18-24-17(14-28(18)12-16)13-25-3-5-26(6-4-25)19-11-20(23-15-22-19)27-7-9-29-10-8-27/h1-2,11-12,14-15H,3-10,13H2. The predicted octanol–water partition coefficient (Wildman–Crippen LogP) is 1.94. The van der Waals surface area contributed by atoms with E-state index in [0.717, 1.165) is 87.0 Å². The Bertz CT molecular complexity index is 980. The SMILES string of the molecule is Clc1ccc2nc(CN3CCN(c4cc(N5CCOCC5)ncn4)CC3)cn2c1. The third-order valence-corrected chi connectivity index (χ3v) is 5.74. The van der Waals surface area contributed by atoms with Gasteiger partial charge in [-0.3, -0.25) is 4.90 Å². The van der Waals surface area contributed by atoms with Crippen LogP contribution >= 0.6 is 11.6 Å². The van der Waals surface area contributed by atoms with E-state index >= 15 is 0 Å². The number of aromatic nitrogens is 4. The van der Waals surface area contributed by atoms with Crippen molar-refractivity contribution in [2.24, 2.45) is 0 Å². The Kier molecular flexibility index (Phi) is 5.22. The number of hydrogen-bond acceptors (Lipinski definition) is 7. The van der Waals surface area contributed by atoms with Crippen molar-refractivity contribution in [3.63, 3.8) is 0 Å². The molecule has 0 bridgehead atoms. The van der Waals surface area contributed by atoms with Crippen LogP contribution in [0.15, 0.2) is 36.9 Å². The van der Waals surface area contributed by atoms with Gasteiger partial charge in [0.2, 0.25) is 0 Å². The van der Waals surface area contributed by atoms with Crippen molar-refractivity contribution in [2.45, 2.75) is 6.54 Å². The van der Waals surface area contributed by atoms with Gasteiger partial charge in [-0.15, -0.1) is 0 Å². The largest absolute Gasteiger partial charge is 0.378 e. The predicted molar refractivity (Wildman–Crippen MR) is 113 cm³/mol. The van der Waals surface area contributed by atoms with Crippen molar-refractivity contribution in [1.29, 1.82) is 0 Å². The molecule has 2 aliphatic rings. The molecule has 2 fully saturated rings. The van der Waals surface area contributed by atoms with E-state index in [1.54, 1.807) is 6.33 Å². The number of piperazine rings is 1. The quantitative estimate of drug-likeness (QED) is 0.647. The molecule has 0 N–H and O–H groups in total. The number of imidazole rings is 1. The molecule has 0 unspecified atom stereocenters. The molecule has 0 aromatic carbocycles. The summed E-state index contributed by atoms with van der Waals surface area (Å²) < 4.78 is 7.43. The third-order valence-electron chi connectivity index (χ3n) is 5.52. The number of anilines is 2. The molecule has 0 atom stereocenters. The molecule has 0 radical (unpaired) electrons. The van der Waals surface area contributed by atoms with Gasteiger partial charge in [-0.1, -0.05) is 11.6 Å². The van der Waals surface area contributed by atoms with Gasteiger partial charge in [0.15, 0.2) is 0 Å². The average Bonchev–Trinajstić information content (AvgIpc) is 3.16. The van der Waals surface area contributed by atoms with E-state index < -0.39 is 0 Å². The van der Waals surface area contributed by atoms with E-state index in [1.807, 2.05) is 22.7 Å². The second-order valence-electron chi connectivity index (χ2n) is 7.44. The van der Waals surface area contributed by atoms with Crippen LogP contribution in [-0.2, 0) is 11.3 Å². The third kappa shape index (κ3) is 4.14. The summed E-state index contributed by atoms with van der Waals surface area (Å²) in [5.41, 5.74) is 2.00. The summed E-state index contributed by atoms with van der Waals surface area (Å²) in [7, 11) is 0. The van der Waals surface area contributed by atoms with Gasteiger partial charge in [0.1, 0.15) is 23.6 Å². The minimum Gasteiger partial charge on any atom is -0.378 e. The van der Waals surface area contributed by atoms with Crippen LogP contribution in [0.2, 0.25) is 5.02 Å². The lowest BCUT2D eigenvalue weighted by atomic mass is 10.3. The van der Waals surface area contributed by atoms with Gasteiger partial charge in [0, 0.05) is 64.3 Å². The van der Waals surface area contributed by atoms with Crippen LogP contribution < -0.4 is 9.80 Å². The molecule has 2 saturated heterocycles. The number of ether oxygens (including phenoxy) is 1. The van der Waals surface area contributed by atoms with Gasteiger partial charge in [-0.25, -0.2) is 15.0 Å². The maximum Gasteiger partial charge on any atom is 0.137 e. The lowest BCUT2D eigenvalue weighted by molar-refractivity contribution is 0.122. The van der Waals surface area contributed by atoms with Crippen LogP contribution in [0.4, 0.5) is 11.6 Å². The maximum absolute atomic E-state index is 6.07. The molecule has 0 saturated carbocycles. The van der Waals surface area contributed by atoms with Gasteiger partial charge < -0.3 is 18.9 Å². The highest BCUT2D eigenvalue weighted by Gasteiger charge is 2.21. The monoisotopic (exact) mass is 413 g/mol. The van der Waals surface area contributed by atoms with Crippen LogP contribution in [0.5, 0.6) is 0 Å². The summed E-state index contributed by atoms with van der Waals surface area (Å²) in [6.07, 6.45) is 5.63. The second kappa shape index (κ2) is 8.14. The van der Waals surface area contributed by atoms with Gasteiger partial charge in [0.25, 0.3) is 0 Å². The highest BCUT2D eigenvalue weighted by molar-refractivity contribution is 6.30. The lowest BCUT2D eigenvalue weighted by Gasteiger charge is -2.35. The van der Waals surface area contributed by atoms with Crippen molar-refractivity contribution in [3.8, 4) is 0 Å². The number of hydrogen-bond donors (Lipinski definition) is 0. The Morgan fingerprint density at radius 1 is 0.897 bits per heavy atom. The minimum absolute atomic E-state index is 0.719. The highest BCUT2D eigenvalue weighted by atomic mass is 35.5. The minimum atomic E-state index is 0.719. The van der Waals surface area contributed by atoms with Gasteiger partial charge in [-0.2, -0.15) is 0 Å². The van der Waals surface area contributed by atoms with Gasteiger partial charge >= 0.3 is 0 Å². The second-order valence-corrected chi connectivity index (χ2v) is 7.88. The number of halogens is 1. The normalized spacial score (nSPS) is 18.5. The zero-order chi connectivity index (χ0) is 19.6. The van der Waals surface area contributed by atoms with Gasteiger partial charge in [0.05, 0.1) is 23.9 Å². The Morgan fingerprint density at radius 3 is 2.38 bits per heavy atom. The van der Waals surface area contributed by atoms with E-state index in [0.29, 0.717) is 0 Å². The number of pyridine rings is 1. The van der Waals surface area contributed by atoms with Crippen LogP contribution in [-0.4, -0.2) is 76.7 Å². The molecular weight excluding hydrogens is 390 g/mol. The van der Waals surface area contributed by atoms with Crippen LogP contribution in [0.3, 0.4) is 0 Å². The fourth-order valence-corrected chi connectivity index (χ4v) is 4.10. The first kappa shape index (κ1) is 18.6. The van der Waals surface area contributed by atoms with E-state index in [9.17, 15) is 0 Å². The number of nitrogens with zero attached hydrogens (tertiary/aromatic N) is 7. The molecule has 8 nitrogen and oxygen atoms in total. The molecule has 0 spiro atoms. The topological polar surface area (TPSA) is 62.0 Å². The Balaban J connectivity index is 1.21. The molecule has 3 aromatic heterocycles. The fraction of sp³-hybridized carbons (Fsp3) is 0.450. The smallest absolute Gasteiger partial charge is 0.137 e. The van der Waals surface area contributed by atoms with Crippen LogP contribution in [0.25, 0.3) is 5.65 Å². The Morgan fingerprint density at radius 2 is 1.62 bits per heavy atom. The van der Waals surface area contributed by atoms with E-state index in [2.05, 4.69) is 36.9 Å². The van der Waals surface area contributed by atoms with Crippen molar-refractivity contribution in [2.75, 3.05) is 62.3 Å². The molecule has 3 aromatic rings. The van der Waals surface area contributed by atoms with Crippen molar-refractivity contribution in [3.05, 3.63) is 47.6 Å². The molecule has 5 heterocycles. The molecule has 9 heteroatoms. The molecule has 2 aliphatic heterocycles. The Hall–Kier alpha value is -2.42. The summed E-state index contributed by atoms with van der Waals surface area (Å²) in [5.74, 6) is 1.99. The van der Waals surface area contributed by atoms with Crippen molar-refractivity contribution in [1.82, 2.24) is 24.3 Å². The first-order valence-corrected chi connectivity index (χ1v) is 10.4. The first-order chi connectivity index (χ1) is 14.2. The summed E-state index contributed by atoms with van der Waals surface area (Å²) >= 11 is 6.07. The molecule has 152 valence electrons. The summed E-state index contributed by atoms with van der Waals surface area (Å²) in [5, 5.41) is 0.719. The summed E-state index contributed by atoms with van der Waals surface area (Å²) in [6.45, 7) is 7.97. The fourth-order valence-electron chi connectivity index (χ4n) is 3.93. The number of morpholine rings is 1. The van der Waals surface area contributed by atoms with E-state index in [1.165, 1.54) is 0 Å². The lowest BCUT2D eigenvalue weighted by Crippen LogP contribution is -2.46. The summed E-state index contributed by atoms with van der Waals surface area (Å²) in [6, 6.07) is 5.93. The Labute approximate surface area is 174 Å². The van der Waals surface area contributed by atoms with Crippen molar-refractivity contribution >= 4 is 28.9 Å². The van der Waals surface area contributed by atoms with Crippen LogP contribution in [0.1, 0.15) is 5.69 Å². The first-order valence-electron chi connectivity index (χ1n) is 10.00. The van der Waals surface area contributed by atoms with Gasteiger partial charge in [-0.05, 0) is 12.1 Å². The highest BCUT2D eigenvalue weighted by Crippen LogP contribution is 2.20. The number of rotatable bonds is 4. The van der Waals surface area contributed by atoms with E-state index in [4.69, 9.17) is 21.3 Å². The van der Waals surface area contributed by atoms with Crippen molar-refractivity contribution < 1.29 is 4.74 Å². The van der Waals surface area contributed by atoms with Crippen LogP contribution in [0, 0.1) is 0 Å². The average molecular weight is 414 g/mol. The van der Waals surface area contributed by atoms with E-state index in [-0.39, 0.29) is 0 Å². The summed E-state index contributed by atoms with van der Waals surface area (Å²) in [4.78, 5) is 20.7. The molecule has 29 heavy (non-hydrogen) atoms. The molecule has 0 amide bonds. The zero-order valence-electron chi connectivity index (χ0n) is 16.2. The molecular formula is C20H24ClN7O. The molecule has 0 aliphatic carbocycles. The molecule has 5 rings (SSSR count).